The van der Waals surface area contributed by atoms with E-state index < -0.39 is 6.10 Å². The Kier molecular flexibility index (Phi) is 6.92. The molecule has 3 amide bonds. The van der Waals surface area contributed by atoms with Gasteiger partial charge in [0.15, 0.2) is 6.10 Å². The van der Waals surface area contributed by atoms with Gasteiger partial charge in [-0.15, -0.1) is 0 Å². The summed E-state index contributed by atoms with van der Waals surface area (Å²) in [4.78, 5) is 39.1. The number of rotatable bonds is 7. The first-order valence-electron chi connectivity index (χ1n) is 11.2. The molecule has 1 aliphatic rings. The number of anilines is 2. The number of nitrogens with one attached hydrogen (secondary N) is 2. The summed E-state index contributed by atoms with van der Waals surface area (Å²) in [5, 5.41) is 5.77. The molecule has 7 nitrogen and oxygen atoms in total. The molecule has 3 aromatic carbocycles. The lowest BCUT2D eigenvalue weighted by atomic mass is 10.1. The molecular formula is C27H27N3O4. The Hall–Kier alpha value is -4.13. The van der Waals surface area contributed by atoms with Gasteiger partial charge in [0, 0.05) is 30.8 Å². The number of benzene rings is 3. The number of nitrogens with zero attached hydrogens (tertiary/aromatic N) is 1. The summed E-state index contributed by atoms with van der Waals surface area (Å²) in [6.07, 6.45) is -0.424. The van der Waals surface area contributed by atoms with E-state index in [1.807, 2.05) is 61.5 Å². The molecule has 3 aromatic rings. The molecule has 0 aliphatic carbocycles. The minimum atomic E-state index is -0.587. The first-order valence-corrected chi connectivity index (χ1v) is 11.2. The zero-order chi connectivity index (χ0) is 24.1. The normalized spacial score (nSPS) is 14.7. The number of aryl methyl sites for hydroxylation is 1. The highest BCUT2D eigenvalue weighted by atomic mass is 16.5. The number of hydrogen-bond donors (Lipinski definition) is 2. The molecule has 4 rings (SSSR count). The lowest BCUT2D eigenvalue weighted by Crippen LogP contribution is -2.45. The predicted molar refractivity (Wildman–Crippen MR) is 131 cm³/mol. The van der Waals surface area contributed by atoms with E-state index in [0.29, 0.717) is 29.2 Å². The van der Waals surface area contributed by atoms with Crippen LogP contribution < -0.4 is 20.3 Å². The summed E-state index contributed by atoms with van der Waals surface area (Å²) in [5.74, 6) is 0.118. The van der Waals surface area contributed by atoms with Gasteiger partial charge in [-0.05, 0) is 55.8 Å². The second kappa shape index (κ2) is 10.2. The molecule has 1 unspecified atom stereocenters. The minimum Gasteiger partial charge on any atom is -0.479 e. The van der Waals surface area contributed by atoms with Crippen molar-refractivity contribution < 1.29 is 19.1 Å². The Morgan fingerprint density at radius 1 is 1.00 bits per heavy atom. The maximum absolute atomic E-state index is 12.6. The van der Waals surface area contributed by atoms with Gasteiger partial charge in [0.1, 0.15) is 5.75 Å². The fourth-order valence-electron chi connectivity index (χ4n) is 3.76. The van der Waals surface area contributed by atoms with Crippen molar-refractivity contribution in [3.05, 3.63) is 89.5 Å². The Balaban J connectivity index is 1.31. The molecule has 0 spiro atoms. The van der Waals surface area contributed by atoms with Crippen LogP contribution in [0.25, 0.3) is 0 Å². The van der Waals surface area contributed by atoms with Crippen molar-refractivity contribution in [2.24, 2.45) is 0 Å². The van der Waals surface area contributed by atoms with Gasteiger partial charge in [0.25, 0.3) is 11.8 Å². The number of hydrogen-bond acceptors (Lipinski definition) is 4. The quantitative estimate of drug-likeness (QED) is 0.560. The van der Waals surface area contributed by atoms with Gasteiger partial charge in [0.05, 0.1) is 5.69 Å². The maximum atomic E-state index is 12.6. The van der Waals surface area contributed by atoms with Crippen LogP contribution in [-0.4, -0.2) is 30.4 Å². The van der Waals surface area contributed by atoms with Crippen LogP contribution in [0.1, 0.15) is 34.8 Å². The third kappa shape index (κ3) is 5.43. The molecule has 174 valence electrons. The largest absolute Gasteiger partial charge is 0.479 e. The van der Waals surface area contributed by atoms with Gasteiger partial charge in [-0.25, -0.2) is 0 Å². The number of fused-ring (bicyclic) bond motifs is 1. The molecule has 1 heterocycles. The molecule has 2 N–H and O–H groups in total. The zero-order valence-corrected chi connectivity index (χ0v) is 19.2. The molecule has 1 atom stereocenters. The van der Waals surface area contributed by atoms with E-state index in [0.717, 1.165) is 11.1 Å². The van der Waals surface area contributed by atoms with E-state index in [2.05, 4.69) is 10.6 Å². The van der Waals surface area contributed by atoms with Crippen LogP contribution in [0.2, 0.25) is 0 Å². The number of para-hydroxylation sites is 2. The molecule has 0 saturated heterocycles. The molecule has 0 saturated carbocycles. The monoisotopic (exact) mass is 457 g/mol. The van der Waals surface area contributed by atoms with Gasteiger partial charge >= 0.3 is 0 Å². The van der Waals surface area contributed by atoms with Gasteiger partial charge in [0.2, 0.25) is 5.91 Å². The van der Waals surface area contributed by atoms with Crippen LogP contribution >= 0.6 is 0 Å². The average Bonchev–Trinajstić information content (AvgIpc) is 2.83. The van der Waals surface area contributed by atoms with E-state index in [1.165, 1.54) is 0 Å². The molecule has 0 fully saturated rings. The first kappa shape index (κ1) is 23.0. The van der Waals surface area contributed by atoms with Crippen LogP contribution in [0.15, 0.2) is 72.8 Å². The Morgan fingerprint density at radius 3 is 2.56 bits per heavy atom. The SMILES string of the molecule is Cc1ccc(C(=O)Nc2cccc(CNC(=O)CCN3C(=O)C(C)Oc4ccccc43)c2)cc1. The number of carbonyl (C=O) groups excluding carboxylic acids is 3. The third-order valence-electron chi connectivity index (χ3n) is 5.62. The van der Waals surface area contributed by atoms with Crippen molar-refractivity contribution in [1.82, 2.24) is 5.32 Å². The second-order valence-corrected chi connectivity index (χ2v) is 8.26. The van der Waals surface area contributed by atoms with Crippen LogP contribution in [0, 0.1) is 6.92 Å². The lowest BCUT2D eigenvalue weighted by Gasteiger charge is -2.32. The van der Waals surface area contributed by atoms with Gasteiger partial charge in [-0.2, -0.15) is 0 Å². The summed E-state index contributed by atoms with van der Waals surface area (Å²) in [6.45, 7) is 4.26. The van der Waals surface area contributed by atoms with Crippen molar-refractivity contribution in [3.8, 4) is 5.75 Å². The van der Waals surface area contributed by atoms with Crippen molar-refractivity contribution in [2.75, 3.05) is 16.8 Å². The Bertz CT molecular complexity index is 1210. The van der Waals surface area contributed by atoms with Crippen molar-refractivity contribution >= 4 is 29.1 Å². The predicted octanol–water partition coefficient (Wildman–Crippen LogP) is 4.07. The maximum Gasteiger partial charge on any atom is 0.267 e. The van der Waals surface area contributed by atoms with Crippen LogP contribution in [0.3, 0.4) is 0 Å². The smallest absolute Gasteiger partial charge is 0.267 e. The molecule has 0 aromatic heterocycles. The molecule has 1 aliphatic heterocycles. The van der Waals surface area contributed by atoms with Gasteiger partial charge < -0.3 is 20.3 Å². The zero-order valence-electron chi connectivity index (χ0n) is 19.2. The Morgan fingerprint density at radius 2 is 1.76 bits per heavy atom. The lowest BCUT2D eigenvalue weighted by molar-refractivity contribution is -0.125. The fourth-order valence-corrected chi connectivity index (χ4v) is 3.76. The molecule has 0 bridgehead atoms. The summed E-state index contributed by atoms with van der Waals surface area (Å²) in [5.41, 5.74) is 3.86. The van der Waals surface area contributed by atoms with Crippen LogP contribution in [0.5, 0.6) is 5.75 Å². The minimum absolute atomic E-state index is 0.163. The van der Waals surface area contributed by atoms with E-state index in [9.17, 15) is 14.4 Å². The van der Waals surface area contributed by atoms with E-state index in [-0.39, 0.29) is 30.7 Å². The second-order valence-electron chi connectivity index (χ2n) is 8.26. The van der Waals surface area contributed by atoms with Crippen LogP contribution in [-0.2, 0) is 16.1 Å². The first-order chi connectivity index (χ1) is 16.4. The molecular weight excluding hydrogens is 430 g/mol. The van der Waals surface area contributed by atoms with E-state index in [1.54, 1.807) is 30.0 Å². The van der Waals surface area contributed by atoms with E-state index >= 15 is 0 Å². The summed E-state index contributed by atoms with van der Waals surface area (Å²) in [7, 11) is 0. The van der Waals surface area contributed by atoms with Crippen molar-refractivity contribution in [3.63, 3.8) is 0 Å². The summed E-state index contributed by atoms with van der Waals surface area (Å²) in [6, 6.07) is 22.0. The Labute approximate surface area is 198 Å². The van der Waals surface area contributed by atoms with Gasteiger partial charge in [-0.1, -0.05) is 42.0 Å². The highest BCUT2D eigenvalue weighted by molar-refractivity contribution is 6.04. The summed E-state index contributed by atoms with van der Waals surface area (Å²) < 4.78 is 5.64. The number of ether oxygens (including phenoxy) is 1. The standard InChI is InChI=1S/C27H27N3O4/c1-18-10-12-21(13-11-18)26(32)29-22-7-5-6-20(16-22)17-28-25(31)14-15-30-23-8-3-4-9-24(23)34-19(2)27(30)33/h3-13,16,19H,14-15,17H2,1-2H3,(H,28,31)(H,29,32). The fraction of sp³-hybridized carbons (Fsp3) is 0.222. The van der Waals surface area contributed by atoms with Crippen LogP contribution in [0.4, 0.5) is 11.4 Å². The third-order valence-corrected chi connectivity index (χ3v) is 5.62. The average molecular weight is 458 g/mol. The van der Waals surface area contributed by atoms with Crippen molar-refractivity contribution in [2.45, 2.75) is 32.9 Å². The van der Waals surface area contributed by atoms with Crippen molar-refractivity contribution in [1.29, 1.82) is 0 Å². The number of carbonyl (C=O) groups is 3. The topological polar surface area (TPSA) is 87.7 Å². The highest BCUT2D eigenvalue weighted by Gasteiger charge is 2.31. The molecule has 0 radical (unpaired) electrons. The highest BCUT2D eigenvalue weighted by Crippen LogP contribution is 2.33. The number of amides is 3. The summed E-state index contributed by atoms with van der Waals surface area (Å²) >= 11 is 0. The van der Waals surface area contributed by atoms with Gasteiger partial charge in [-0.3, -0.25) is 14.4 Å². The van der Waals surface area contributed by atoms with E-state index in [4.69, 9.17) is 4.74 Å². The molecule has 34 heavy (non-hydrogen) atoms. The molecule has 7 heteroatoms.